The second-order valence-electron chi connectivity index (χ2n) is 10.5. The van der Waals surface area contributed by atoms with Gasteiger partial charge in [-0.1, -0.05) is 25.9 Å². The molecule has 10 nitrogen and oxygen atoms in total. The summed E-state index contributed by atoms with van der Waals surface area (Å²) in [7, 11) is -0.570. The lowest BCUT2D eigenvalue weighted by atomic mass is 10.1. The molecule has 0 atom stereocenters. The van der Waals surface area contributed by atoms with E-state index in [-0.39, 0.29) is 40.3 Å². The van der Waals surface area contributed by atoms with E-state index in [9.17, 15) is 9.90 Å². The molecule has 13 heteroatoms. The second kappa shape index (κ2) is 13.4. The molecule has 0 bridgehead atoms. The molecule has 0 radical (unpaired) electrons. The molecule has 0 aliphatic rings. The third kappa shape index (κ3) is 8.24. The number of halogens is 1. The van der Waals surface area contributed by atoms with E-state index in [0.29, 0.717) is 28.7 Å². The molecule has 0 saturated carbocycles. The Balaban J connectivity index is 2.01. The normalized spacial score (nSPS) is 12.9. The van der Waals surface area contributed by atoms with Gasteiger partial charge in [0.2, 0.25) is 11.7 Å². The summed E-state index contributed by atoms with van der Waals surface area (Å²) in [4.78, 5) is 24.0. The van der Waals surface area contributed by atoms with Crippen LogP contribution >= 0.6 is 11.8 Å². The van der Waals surface area contributed by atoms with Crippen LogP contribution < -0.4 is 9.47 Å². The van der Waals surface area contributed by atoms with Crippen molar-refractivity contribution in [1.82, 2.24) is 10.1 Å². The van der Waals surface area contributed by atoms with Gasteiger partial charge < -0.3 is 23.5 Å². The molecular formula is C28H35FN4O6SSi. The molecule has 3 rings (SSSR count). The first-order valence-electron chi connectivity index (χ1n) is 12.8. The zero-order valence-electron chi connectivity index (χ0n) is 24.4. The van der Waals surface area contributed by atoms with Gasteiger partial charge in [0.1, 0.15) is 23.1 Å². The van der Waals surface area contributed by atoms with Crippen LogP contribution in [0, 0.1) is 12.7 Å². The number of benzene rings is 2. The lowest BCUT2D eigenvalue weighted by Crippen LogP contribution is -2.41. The summed E-state index contributed by atoms with van der Waals surface area (Å²) in [6, 6.07) is 9.66. The molecule has 1 N–H and O–H groups in total. The Morgan fingerprint density at radius 3 is 2.39 bits per heavy atom. The van der Waals surface area contributed by atoms with Gasteiger partial charge in [-0.25, -0.2) is 14.2 Å². The number of methoxy groups -OCH3 is 1. The second-order valence-corrected chi connectivity index (χ2v) is 16.1. The highest BCUT2D eigenvalue weighted by atomic mass is 32.2. The van der Waals surface area contributed by atoms with Gasteiger partial charge >= 0.3 is 6.09 Å². The number of carboxylic acid groups (broad SMARTS) is 1. The molecule has 1 amide bonds. The first-order chi connectivity index (χ1) is 19.3. The Labute approximate surface area is 244 Å². The van der Waals surface area contributed by atoms with Crippen molar-refractivity contribution in [3.8, 4) is 22.9 Å². The highest BCUT2D eigenvalue weighted by molar-refractivity contribution is 8.15. The Bertz CT molecular complexity index is 1430. The van der Waals surface area contributed by atoms with Gasteiger partial charge in [0.05, 0.1) is 19.4 Å². The van der Waals surface area contributed by atoms with Crippen molar-refractivity contribution in [2.24, 2.45) is 9.98 Å². The largest absolute Gasteiger partial charge is 0.497 e. The van der Waals surface area contributed by atoms with Crippen LogP contribution in [-0.2, 0) is 4.43 Å². The van der Waals surface area contributed by atoms with Crippen molar-refractivity contribution in [2.75, 3.05) is 26.6 Å². The molecule has 0 unspecified atom stereocenters. The number of rotatable bonds is 10. The summed E-state index contributed by atoms with van der Waals surface area (Å²) in [5.74, 6) is 0.325. The minimum atomic E-state index is -2.01. The third-order valence-electron chi connectivity index (χ3n) is 6.60. The fraction of sp³-hybridized carbons (Fsp3) is 0.393. The van der Waals surface area contributed by atoms with Gasteiger partial charge in [-0.2, -0.15) is 9.98 Å². The molecule has 3 aromatic rings. The number of aromatic nitrogens is 2. The van der Waals surface area contributed by atoms with Crippen molar-refractivity contribution in [2.45, 2.75) is 45.8 Å². The molecule has 220 valence electrons. The van der Waals surface area contributed by atoms with Crippen molar-refractivity contribution in [3.63, 3.8) is 0 Å². The highest BCUT2D eigenvalue weighted by Crippen LogP contribution is 2.36. The van der Waals surface area contributed by atoms with Crippen molar-refractivity contribution >= 4 is 42.6 Å². The maximum Gasteiger partial charge on any atom is 0.432 e. The predicted octanol–water partition coefficient (Wildman–Crippen LogP) is 7.15. The van der Waals surface area contributed by atoms with E-state index >= 15 is 4.39 Å². The number of hydrogen-bond donors (Lipinski definition) is 1. The number of thioether (sulfide) groups is 1. The van der Waals surface area contributed by atoms with E-state index < -0.39 is 20.2 Å². The standard InChI is InChI=1S/C28H35FN4O6SSi/c1-17-30-25(33-39-17)18-9-11-19(12-10-18)31-24(26(40-6)32-27(34)35)21-15-20(36-5)16-22(23(21)29)37-13-14-38-41(7,8)28(2,3)4/h9-12,15-16H,13-14H2,1-8H3,(H,34,35). The molecule has 0 fully saturated rings. The van der Waals surface area contributed by atoms with Gasteiger partial charge in [-0.3, -0.25) is 0 Å². The van der Waals surface area contributed by atoms with Gasteiger partial charge in [-0.15, -0.1) is 11.8 Å². The van der Waals surface area contributed by atoms with Gasteiger partial charge in [0.15, 0.2) is 19.9 Å². The summed E-state index contributed by atoms with van der Waals surface area (Å²) in [6.07, 6.45) is 0.194. The van der Waals surface area contributed by atoms with Crippen molar-refractivity contribution in [3.05, 3.63) is 53.7 Å². The average Bonchev–Trinajstić information content (AvgIpc) is 3.35. The number of ether oxygens (including phenoxy) is 2. The van der Waals surface area contributed by atoms with Crippen LogP contribution in [-0.4, -0.2) is 67.0 Å². The molecule has 2 aromatic carbocycles. The van der Waals surface area contributed by atoms with E-state index in [1.165, 1.54) is 19.2 Å². The molecule has 1 heterocycles. The summed E-state index contributed by atoms with van der Waals surface area (Å²) in [5, 5.41) is 13.3. The monoisotopic (exact) mass is 602 g/mol. The quantitative estimate of drug-likeness (QED) is 0.111. The molecule has 0 saturated heterocycles. The van der Waals surface area contributed by atoms with Crippen LogP contribution in [0.1, 0.15) is 32.2 Å². The number of hydrogen-bond acceptors (Lipinski definition) is 9. The summed E-state index contributed by atoms with van der Waals surface area (Å²) < 4.78 is 38.4. The topological polar surface area (TPSA) is 129 Å². The SMILES string of the molecule is COc1cc(OCCO[Si](C)(C)C(C)(C)C)c(F)c(C(=Nc2ccc(-c3noc(C)n3)cc2)C(=NC(=O)O)SC)c1. The smallest absolute Gasteiger partial charge is 0.432 e. The fourth-order valence-corrected chi connectivity index (χ4v) is 4.91. The molecule has 0 aliphatic carbocycles. The summed E-state index contributed by atoms with van der Waals surface area (Å²) in [5.41, 5.74) is 1.08. The number of amides is 1. The van der Waals surface area contributed by atoms with Crippen molar-refractivity contribution in [1.29, 1.82) is 0 Å². The van der Waals surface area contributed by atoms with Crippen LogP contribution in [0.4, 0.5) is 14.9 Å². The first kappa shape index (κ1) is 32.0. The minimum absolute atomic E-state index is 0.00169. The number of aliphatic imine (C=N–C) groups is 2. The van der Waals surface area contributed by atoms with E-state index in [4.69, 9.17) is 18.4 Å². The zero-order valence-corrected chi connectivity index (χ0v) is 26.3. The summed E-state index contributed by atoms with van der Waals surface area (Å²) in [6.45, 7) is 12.7. The molecular weight excluding hydrogens is 567 g/mol. The van der Waals surface area contributed by atoms with E-state index in [1.807, 2.05) is 0 Å². The molecule has 0 spiro atoms. The maximum atomic E-state index is 16.0. The van der Waals surface area contributed by atoms with E-state index in [0.717, 1.165) is 11.8 Å². The Morgan fingerprint density at radius 1 is 1.17 bits per heavy atom. The van der Waals surface area contributed by atoms with Crippen LogP contribution in [0.3, 0.4) is 0 Å². The molecule has 41 heavy (non-hydrogen) atoms. The Morgan fingerprint density at radius 2 is 1.85 bits per heavy atom. The number of nitrogens with zero attached hydrogens (tertiary/aromatic N) is 4. The van der Waals surface area contributed by atoms with Gasteiger partial charge in [0.25, 0.3) is 0 Å². The Kier molecular flexibility index (Phi) is 10.5. The third-order valence-corrected chi connectivity index (χ3v) is 11.8. The Hall–Kier alpha value is -3.55. The van der Waals surface area contributed by atoms with Crippen LogP contribution in [0.2, 0.25) is 18.1 Å². The summed E-state index contributed by atoms with van der Waals surface area (Å²) >= 11 is 1.02. The molecule has 0 aliphatic heterocycles. The predicted molar refractivity (Wildman–Crippen MR) is 161 cm³/mol. The average molecular weight is 603 g/mol. The van der Waals surface area contributed by atoms with Crippen molar-refractivity contribution < 1.29 is 32.7 Å². The first-order valence-corrected chi connectivity index (χ1v) is 16.9. The lowest BCUT2D eigenvalue weighted by molar-refractivity contribution is 0.198. The number of aryl methyl sites for hydroxylation is 1. The number of carbonyl (C=O) groups is 1. The van der Waals surface area contributed by atoms with Gasteiger partial charge in [-0.05, 0) is 54.7 Å². The van der Waals surface area contributed by atoms with E-state index in [2.05, 4.69) is 54.0 Å². The van der Waals surface area contributed by atoms with Gasteiger partial charge in [0, 0.05) is 24.1 Å². The highest BCUT2D eigenvalue weighted by Gasteiger charge is 2.37. The zero-order chi connectivity index (χ0) is 30.4. The fourth-order valence-electron chi connectivity index (χ4n) is 3.37. The van der Waals surface area contributed by atoms with Crippen LogP contribution in [0.5, 0.6) is 11.5 Å². The maximum absolute atomic E-state index is 16.0. The minimum Gasteiger partial charge on any atom is -0.497 e. The lowest BCUT2D eigenvalue weighted by Gasteiger charge is -2.36. The van der Waals surface area contributed by atoms with E-state index in [1.54, 1.807) is 37.4 Å². The van der Waals surface area contributed by atoms with Crippen LogP contribution in [0.15, 0.2) is 50.9 Å². The van der Waals surface area contributed by atoms with Crippen LogP contribution in [0.25, 0.3) is 11.4 Å². The molecule has 1 aromatic heterocycles.